The van der Waals surface area contributed by atoms with Crippen LogP contribution in [0.4, 0.5) is 5.69 Å². The third-order valence-electron chi connectivity index (χ3n) is 4.55. The normalized spacial score (nSPS) is 15.5. The number of rotatable bonds is 3. The van der Waals surface area contributed by atoms with Crippen molar-refractivity contribution in [3.63, 3.8) is 0 Å². The predicted molar refractivity (Wildman–Crippen MR) is 107 cm³/mol. The molecule has 0 radical (unpaired) electrons. The predicted octanol–water partition coefficient (Wildman–Crippen LogP) is 4.36. The average molecular weight is 358 g/mol. The van der Waals surface area contributed by atoms with Crippen molar-refractivity contribution < 1.29 is 14.6 Å². The molecule has 0 bridgehead atoms. The fourth-order valence-electron chi connectivity index (χ4n) is 3.13. The number of nitrogens with zero attached hydrogens (tertiary/aromatic N) is 2. The lowest BCUT2D eigenvalue weighted by Crippen LogP contribution is -2.21. The molecule has 1 amide bonds. The zero-order valence-electron chi connectivity index (χ0n) is 15.0. The number of carbonyl (C=O) groups excluding carboxylic acids is 1. The van der Waals surface area contributed by atoms with Crippen LogP contribution in [0.1, 0.15) is 12.5 Å². The zero-order valence-corrected chi connectivity index (χ0v) is 15.0. The van der Waals surface area contributed by atoms with E-state index in [0.717, 1.165) is 16.5 Å². The number of hydrogen-bond acceptors (Lipinski definition) is 4. The molecule has 134 valence electrons. The molecule has 0 atom stereocenters. The summed E-state index contributed by atoms with van der Waals surface area (Å²) >= 11 is 0. The van der Waals surface area contributed by atoms with E-state index < -0.39 is 0 Å². The molecule has 0 unspecified atom stereocenters. The van der Waals surface area contributed by atoms with Gasteiger partial charge < -0.3 is 9.84 Å². The molecule has 1 N–H and O–H groups in total. The van der Waals surface area contributed by atoms with Crippen LogP contribution in [0.25, 0.3) is 16.8 Å². The molecule has 27 heavy (non-hydrogen) atoms. The van der Waals surface area contributed by atoms with Crippen molar-refractivity contribution in [3.8, 4) is 11.5 Å². The van der Waals surface area contributed by atoms with Gasteiger partial charge in [-0.1, -0.05) is 36.4 Å². The molecule has 0 aliphatic carbocycles. The van der Waals surface area contributed by atoms with Crippen LogP contribution in [0.5, 0.6) is 11.5 Å². The monoisotopic (exact) mass is 358 g/mol. The maximum absolute atomic E-state index is 12.9. The molecule has 1 aliphatic rings. The lowest BCUT2D eigenvalue weighted by molar-refractivity contribution is -0.114. The first kappa shape index (κ1) is 16.8. The van der Waals surface area contributed by atoms with Crippen LogP contribution in [0.2, 0.25) is 0 Å². The smallest absolute Gasteiger partial charge is 0.280 e. The van der Waals surface area contributed by atoms with Crippen molar-refractivity contribution >= 4 is 34.2 Å². The van der Waals surface area contributed by atoms with E-state index in [1.54, 1.807) is 31.2 Å². The number of hydrazone groups is 1. The van der Waals surface area contributed by atoms with Gasteiger partial charge in [-0.2, -0.15) is 10.1 Å². The van der Waals surface area contributed by atoms with E-state index in [9.17, 15) is 9.90 Å². The molecule has 3 aromatic carbocycles. The largest absolute Gasteiger partial charge is 0.504 e. The Bertz CT molecular complexity index is 1120. The Labute approximate surface area is 156 Å². The van der Waals surface area contributed by atoms with Crippen LogP contribution in [0, 0.1) is 0 Å². The number of amides is 1. The van der Waals surface area contributed by atoms with Crippen molar-refractivity contribution in [2.75, 3.05) is 12.1 Å². The van der Waals surface area contributed by atoms with Gasteiger partial charge in [-0.25, -0.2) is 0 Å². The van der Waals surface area contributed by atoms with E-state index in [2.05, 4.69) is 5.10 Å². The maximum atomic E-state index is 12.9. The highest BCUT2D eigenvalue weighted by Gasteiger charge is 2.28. The average Bonchev–Trinajstić information content (AvgIpc) is 2.96. The van der Waals surface area contributed by atoms with E-state index in [-0.39, 0.29) is 11.7 Å². The van der Waals surface area contributed by atoms with Gasteiger partial charge in [-0.15, -0.1) is 0 Å². The Hall–Kier alpha value is -3.60. The maximum Gasteiger partial charge on any atom is 0.280 e. The quantitative estimate of drug-likeness (QED) is 0.708. The van der Waals surface area contributed by atoms with Gasteiger partial charge in [0.25, 0.3) is 5.91 Å². The Morgan fingerprint density at radius 1 is 1.04 bits per heavy atom. The molecule has 5 heteroatoms. The summed E-state index contributed by atoms with van der Waals surface area (Å²) in [5, 5.41) is 17.9. The summed E-state index contributed by atoms with van der Waals surface area (Å²) in [6.07, 6.45) is 1.72. The van der Waals surface area contributed by atoms with Gasteiger partial charge in [-0.3, -0.25) is 4.79 Å². The number of ether oxygens (including phenoxy) is 1. The number of benzene rings is 3. The summed E-state index contributed by atoms with van der Waals surface area (Å²) in [5.41, 5.74) is 2.54. The SMILES string of the molecule is COc1ccc(C=C2C(=O)N(c3ccc4ccccc4c3)N=C2C)cc1O. The van der Waals surface area contributed by atoms with Gasteiger partial charge in [0.2, 0.25) is 0 Å². The molecule has 0 spiro atoms. The molecule has 5 nitrogen and oxygen atoms in total. The third kappa shape index (κ3) is 3.04. The first-order valence-corrected chi connectivity index (χ1v) is 8.54. The molecule has 3 aromatic rings. The lowest BCUT2D eigenvalue weighted by Gasteiger charge is -2.12. The van der Waals surface area contributed by atoms with Crippen molar-refractivity contribution in [1.82, 2.24) is 0 Å². The van der Waals surface area contributed by atoms with E-state index >= 15 is 0 Å². The van der Waals surface area contributed by atoms with Crippen molar-refractivity contribution in [2.24, 2.45) is 5.10 Å². The van der Waals surface area contributed by atoms with E-state index in [4.69, 9.17) is 4.74 Å². The van der Waals surface area contributed by atoms with Gasteiger partial charge in [0.1, 0.15) is 0 Å². The second-order valence-corrected chi connectivity index (χ2v) is 6.32. The minimum Gasteiger partial charge on any atom is -0.504 e. The summed E-state index contributed by atoms with van der Waals surface area (Å²) in [6, 6.07) is 18.8. The third-order valence-corrected chi connectivity index (χ3v) is 4.55. The molecular weight excluding hydrogens is 340 g/mol. The highest BCUT2D eigenvalue weighted by Crippen LogP contribution is 2.30. The molecule has 1 aliphatic heterocycles. The van der Waals surface area contributed by atoms with Crippen molar-refractivity contribution in [1.29, 1.82) is 0 Å². The van der Waals surface area contributed by atoms with Crippen LogP contribution in [0.3, 0.4) is 0 Å². The second kappa shape index (κ2) is 6.61. The van der Waals surface area contributed by atoms with Crippen molar-refractivity contribution in [2.45, 2.75) is 6.92 Å². The highest BCUT2D eigenvalue weighted by atomic mass is 16.5. The first-order chi connectivity index (χ1) is 13.1. The fraction of sp³-hybridized carbons (Fsp3) is 0.0909. The summed E-state index contributed by atoms with van der Waals surface area (Å²) in [6.45, 7) is 1.80. The number of anilines is 1. The van der Waals surface area contributed by atoms with Gasteiger partial charge in [0.15, 0.2) is 11.5 Å². The molecular formula is C22H18N2O3. The Morgan fingerprint density at radius 2 is 1.81 bits per heavy atom. The van der Waals surface area contributed by atoms with Crippen LogP contribution < -0.4 is 9.75 Å². The number of fused-ring (bicyclic) bond motifs is 1. The minimum atomic E-state index is -0.196. The van der Waals surface area contributed by atoms with E-state index in [0.29, 0.717) is 22.6 Å². The lowest BCUT2D eigenvalue weighted by atomic mass is 10.1. The van der Waals surface area contributed by atoms with E-state index in [1.807, 2.05) is 42.5 Å². The van der Waals surface area contributed by atoms with Crippen LogP contribution in [-0.2, 0) is 4.79 Å². The van der Waals surface area contributed by atoms with Gasteiger partial charge in [0, 0.05) is 0 Å². The van der Waals surface area contributed by atoms with Gasteiger partial charge >= 0.3 is 0 Å². The minimum absolute atomic E-state index is 0.0262. The number of phenolic OH excluding ortho intramolecular Hbond substituents is 1. The Kier molecular flexibility index (Phi) is 4.12. The first-order valence-electron chi connectivity index (χ1n) is 8.54. The van der Waals surface area contributed by atoms with Gasteiger partial charge in [0.05, 0.1) is 24.1 Å². The van der Waals surface area contributed by atoms with Gasteiger partial charge in [-0.05, 0) is 53.6 Å². The van der Waals surface area contributed by atoms with Crippen LogP contribution in [-0.4, -0.2) is 23.8 Å². The standard InChI is InChI=1S/C22H18N2O3/c1-14-19(11-15-7-10-21(27-2)20(25)12-15)22(26)24(23-14)18-9-8-16-5-3-4-6-17(16)13-18/h3-13,25H,1-2H3. The molecule has 0 aromatic heterocycles. The summed E-state index contributed by atoms with van der Waals surface area (Å²) in [4.78, 5) is 12.9. The molecule has 0 saturated carbocycles. The number of phenols is 1. The molecule has 4 rings (SSSR count). The summed E-state index contributed by atoms with van der Waals surface area (Å²) in [5.74, 6) is 0.217. The Balaban J connectivity index is 1.68. The summed E-state index contributed by atoms with van der Waals surface area (Å²) in [7, 11) is 1.49. The van der Waals surface area contributed by atoms with Crippen LogP contribution in [0.15, 0.2) is 71.3 Å². The zero-order chi connectivity index (χ0) is 19.0. The fourth-order valence-corrected chi connectivity index (χ4v) is 3.13. The summed E-state index contributed by atoms with van der Waals surface area (Å²) < 4.78 is 5.05. The number of methoxy groups -OCH3 is 1. The second-order valence-electron chi connectivity index (χ2n) is 6.32. The highest BCUT2D eigenvalue weighted by molar-refractivity contribution is 6.32. The number of carbonyl (C=O) groups is 1. The number of hydrogen-bond donors (Lipinski definition) is 1. The molecule has 0 saturated heterocycles. The molecule has 0 fully saturated rings. The number of aromatic hydroxyl groups is 1. The topological polar surface area (TPSA) is 62.1 Å². The van der Waals surface area contributed by atoms with E-state index in [1.165, 1.54) is 12.1 Å². The van der Waals surface area contributed by atoms with Crippen LogP contribution >= 0.6 is 0 Å². The molecule has 1 heterocycles. The Morgan fingerprint density at radius 3 is 2.56 bits per heavy atom. The van der Waals surface area contributed by atoms with Crippen molar-refractivity contribution in [3.05, 3.63) is 71.8 Å².